The van der Waals surface area contributed by atoms with Gasteiger partial charge in [-0.3, -0.25) is 4.79 Å². The standard InChI is InChI=1S/C25H35N3O3/c1-19-14-23(30-3)24(31-4)15-22(19)17-27-10-12-28(13-11-27)18-25(29)26-16-20(2)21-8-6-5-7-9-21/h5-9,14-15,20H,10-13,16-18H2,1-4H3,(H,26,29)/p+2/t20-/m0/s1. The Labute approximate surface area is 186 Å². The molecule has 0 saturated carbocycles. The first-order valence-corrected chi connectivity index (χ1v) is 11.2. The predicted octanol–water partition coefficient (Wildman–Crippen LogP) is 0.216. The first-order valence-electron chi connectivity index (χ1n) is 11.2. The zero-order valence-electron chi connectivity index (χ0n) is 19.3. The molecule has 31 heavy (non-hydrogen) atoms. The van der Waals surface area contributed by atoms with Crippen molar-refractivity contribution in [2.75, 3.05) is 53.5 Å². The van der Waals surface area contributed by atoms with Crippen LogP contribution < -0.4 is 24.6 Å². The van der Waals surface area contributed by atoms with Gasteiger partial charge in [0.2, 0.25) is 0 Å². The topological polar surface area (TPSA) is 56.4 Å². The summed E-state index contributed by atoms with van der Waals surface area (Å²) in [6.45, 7) is 10.7. The van der Waals surface area contributed by atoms with Crippen molar-refractivity contribution in [2.45, 2.75) is 26.3 Å². The van der Waals surface area contributed by atoms with Gasteiger partial charge in [0.1, 0.15) is 32.7 Å². The van der Waals surface area contributed by atoms with Gasteiger partial charge >= 0.3 is 0 Å². The van der Waals surface area contributed by atoms with Gasteiger partial charge in [-0.05, 0) is 36.1 Å². The Hall–Kier alpha value is -2.57. The molecule has 1 fully saturated rings. The molecule has 0 aromatic heterocycles. The minimum absolute atomic E-state index is 0.150. The molecule has 2 aromatic carbocycles. The molecule has 0 aliphatic carbocycles. The van der Waals surface area contributed by atoms with Crippen molar-refractivity contribution >= 4 is 5.91 Å². The van der Waals surface area contributed by atoms with Crippen LogP contribution in [0.2, 0.25) is 0 Å². The Morgan fingerprint density at radius 1 is 1.00 bits per heavy atom. The summed E-state index contributed by atoms with van der Waals surface area (Å²) in [7, 11) is 3.35. The van der Waals surface area contributed by atoms with E-state index in [-0.39, 0.29) is 5.91 Å². The third-order valence-electron chi connectivity index (χ3n) is 6.33. The summed E-state index contributed by atoms with van der Waals surface area (Å²) in [6, 6.07) is 14.5. The number of methoxy groups -OCH3 is 2. The number of benzene rings is 2. The zero-order valence-corrected chi connectivity index (χ0v) is 19.3. The summed E-state index contributed by atoms with van der Waals surface area (Å²) < 4.78 is 10.9. The Kier molecular flexibility index (Phi) is 8.32. The molecule has 3 N–H and O–H groups in total. The number of quaternary nitrogens is 2. The van der Waals surface area contributed by atoms with Gasteiger partial charge in [0.25, 0.3) is 5.91 Å². The molecule has 1 heterocycles. The second-order valence-electron chi connectivity index (χ2n) is 8.60. The van der Waals surface area contributed by atoms with E-state index in [1.54, 1.807) is 19.1 Å². The predicted molar refractivity (Wildman–Crippen MR) is 122 cm³/mol. The van der Waals surface area contributed by atoms with Crippen LogP contribution in [0.4, 0.5) is 0 Å². The molecule has 168 valence electrons. The summed E-state index contributed by atoms with van der Waals surface area (Å²) in [4.78, 5) is 15.4. The lowest BCUT2D eigenvalue weighted by atomic mass is 10.0. The van der Waals surface area contributed by atoms with Gasteiger partial charge in [0.15, 0.2) is 18.0 Å². The van der Waals surface area contributed by atoms with E-state index in [0.717, 1.165) is 44.2 Å². The van der Waals surface area contributed by atoms with E-state index in [1.807, 2.05) is 18.2 Å². The summed E-state index contributed by atoms with van der Waals surface area (Å²) in [5.41, 5.74) is 3.79. The summed E-state index contributed by atoms with van der Waals surface area (Å²) in [5, 5.41) is 3.12. The largest absolute Gasteiger partial charge is 0.493 e. The maximum absolute atomic E-state index is 12.4. The van der Waals surface area contributed by atoms with E-state index < -0.39 is 0 Å². The lowest BCUT2D eigenvalue weighted by Crippen LogP contribution is -3.28. The highest BCUT2D eigenvalue weighted by atomic mass is 16.5. The molecule has 1 amide bonds. The van der Waals surface area contributed by atoms with E-state index in [0.29, 0.717) is 19.0 Å². The average molecular weight is 428 g/mol. The van der Waals surface area contributed by atoms with Crippen molar-refractivity contribution < 1.29 is 24.1 Å². The van der Waals surface area contributed by atoms with Crippen LogP contribution in [0, 0.1) is 6.92 Å². The van der Waals surface area contributed by atoms with E-state index in [2.05, 4.69) is 43.4 Å². The number of ether oxygens (including phenoxy) is 2. The van der Waals surface area contributed by atoms with Crippen LogP contribution in [0.5, 0.6) is 11.5 Å². The van der Waals surface area contributed by atoms with E-state index in [9.17, 15) is 4.79 Å². The number of carbonyl (C=O) groups is 1. The third-order valence-corrected chi connectivity index (χ3v) is 6.33. The minimum atomic E-state index is 0.150. The Balaban J connectivity index is 1.43. The summed E-state index contributed by atoms with van der Waals surface area (Å²) in [6.07, 6.45) is 0. The van der Waals surface area contributed by atoms with Gasteiger partial charge in [0.05, 0.1) is 14.2 Å². The molecule has 1 atom stereocenters. The van der Waals surface area contributed by atoms with Crippen molar-refractivity contribution in [1.82, 2.24) is 5.32 Å². The molecule has 0 radical (unpaired) electrons. The number of amides is 1. The number of carbonyl (C=O) groups excluding carboxylic acids is 1. The quantitative estimate of drug-likeness (QED) is 0.537. The van der Waals surface area contributed by atoms with Gasteiger partial charge in [-0.15, -0.1) is 0 Å². The first kappa shape index (κ1) is 23.1. The van der Waals surface area contributed by atoms with Gasteiger partial charge < -0.3 is 24.6 Å². The lowest BCUT2D eigenvalue weighted by Gasteiger charge is -2.30. The Morgan fingerprint density at radius 2 is 1.61 bits per heavy atom. The normalized spacial score (nSPS) is 19.5. The molecule has 0 bridgehead atoms. The fraction of sp³-hybridized carbons (Fsp3) is 0.480. The molecular weight excluding hydrogens is 390 g/mol. The number of hydrogen-bond donors (Lipinski definition) is 3. The lowest BCUT2D eigenvalue weighted by molar-refractivity contribution is -1.02. The number of nitrogens with one attached hydrogen (secondary N) is 3. The molecule has 1 saturated heterocycles. The number of piperazine rings is 1. The second kappa shape index (κ2) is 11.2. The van der Waals surface area contributed by atoms with E-state index in [1.165, 1.54) is 21.6 Å². The van der Waals surface area contributed by atoms with E-state index >= 15 is 0 Å². The zero-order chi connectivity index (χ0) is 22.2. The highest BCUT2D eigenvalue weighted by Crippen LogP contribution is 2.29. The van der Waals surface area contributed by atoms with Gasteiger partial charge in [-0.1, -0.05) is 37.3 Å². The average Bonchev–Trinajstić information content (AvgIpc) is 2.80. The monoisotopic (exact) mass is 427 g/mol. The van der Waals surface area contributed by atoms with Crippen LogP contribution >= 0.6 is 0 Å². The number of aryl methyl sites for hydroxylation is 1. The summed E-state index contributed by atoms with van der Waals surface area (Å²) in [5.74, 6) is 2.04. The van der Waals surface area contributed by atoms with Gasteiger partial charge in [-0.25, -0.2) is 0 Å². The molecule has 0 unspecified atom stereocenters. The number of rotatable bonds is 9. The molecule has 0 spiro atoms. The molecule has 2 aromatic rings. The van der Waals surface area contributed by atoms with Crippen LogP contribution in [-0.2, 0) is 11.3 Å². The van der Waals surface area contributed by atoms with Crippen LogP contribution in [0.1, 0.15) is 29.5 Å². The first-order chi connectivity index (χ1) is 15.0. The fourth-order valence-electron chi connectivity index (χ4n) is 4.25. The SMILES string of the molecule is COc1cc(C)c(C[NH+]2CC[NH+](CC(=O)NC[C@H](C)c3ccccc3)CC2)cc1OC. The van der Waals surface area contributed by atoms with Crippen LogP contribution in [0.15, 0.2) is 42.5 Å². The summed E-state index contributed by atoms with van der Waals surface area (Å²) >= 11 is 0. The van der Waals surface area contributed by atoms with Crippen molar-refractivity contribution in [3.05, 3.63) is 59.2 Å². The van der Waals surface area contributed by atoms with Gasteiger partial charge in [-0.2, -0.15) is 0 Å². The Morgan fingerprint density at radius 3 is 2.26 bits per heavy atom. The van der Waals surface area contributed by atoms with Gasteiger partial charge in [0, 0.05) is 12.1 Å². The molecule has 6 heteroatoms. The highest BCUT2D eigenvalue weighted by molar-refractivity contribution is 5.76. The fourth-order valence-corrected chi connectivity index (χ4v) is 4.25. The van der Waals surface area contributed by atoms with Crippen molar-refractivity contribution in [3.8, 4) is 11.5 Å². The third kappa shape index (κ3) is 6.45. The van der Waals surface area contributed by atoms with Crippen LogP contribution in [-0.4, -0.2) is 59.4 Å². The van der Waals surface area contributed by atoms with Crippen LogP contribution in [0.25, 0.3) is 0 Å². The second-order valence-corrected chi connectivity index (χ2v) is 8.60. The molecule has 3 rings (SSSR count). The van der Waals surface area contributed by atoms with Crippen molar-refractivity contribution in [2.24, 2.45) is 0 Å². The maximum Gasteiger partial charge on any atom is 0.275 e. The molecule has 6 nitrogen and oxygen atoms in total. The van der Waals surface area contributed by atoms with Crippen LogP contribution in [0.3, 0.4) is 0 Å². The highest BCUT2D eigenvalue weighted by Gasteiger charge is 2.25. The molecule has 1 aliphatic rings. The Bertz CT molecular complexity index is 849. The smallest absolute Gasteiger partial charge is 0.275 e. The molecule has 1 aliphatic heterocycles. The van der Waals surface area contributed by atoms with E-state index in [4.69, 9.17) is 9.47 Å². The number of hydrogen-bond acceptors (Lipinski definition) is 3. The maximum atomic E-state index is 12.4. The van der Waals surface area contributed by atoms with Crippen molar-refractivity contribution in [3.63, 3.8) is 0 Å². The van der Waals surface area contributed by atoms with Crippen molar-refractivity contribution in [1.29, 1.82) is 0 Å². The minimum Gasteiger partial charge on any atom is -0.493 e. The molecular formula is C25H37N3O3+2.